The number of nitrogens with zero attached hydrogens (tertiary/aromatic N) is 2. The molecule has 1 heterocycles. The first kappa shape index (κ1) is 14.1. The van der Waals surface area contributed by atoms with Gasteiger partial charge in [0.2, 0.25) is 0 Å². The topological polar surface area (TPSA) is 50.1 Å². The van der Waals surface area contributed by atoms with Crippen molar-refractivity contribution >= 4 is 11.6 Å². The lowest BCUT2D eigenvalue weighted by Crippen LogP contribution is -2.32. The molecule has 0 saturated carbocycles. The highest BCUT2D eigenvalue weighted by molar-refractivity contribution is 6.31. The number of aliphatic hydroxyl groups is 1. The number of aromatic nitrogens is 2. The summed E-state index contributed by atoms with van der Waals surface area (Å²) in [6, 6.07) is 9.66. The van der Waals surface area contributed by atoms with E-state index in [1.54, 1.807) is 10.9 Å². The second-order valence-corrected chi connectivity index (χ2v) is 4.94. The van der Waals surface area contributed by atoms with Gasteiger partial charge in [-0.25, -0.2) is 0 Å². The Bertz CT molecular complexity index is 501. The van der Waals surface area contributed by atoms with Crippen molar-refractivity contribution in [3.63, 3.8) is 0 Å². The Morgan fingerprint density at radius 1 is 1.37 bits per heavy atom. The summed E-state index contributed by atoms with van der Waals surface area (Å²) in [6.07, 6.45) is 3.05. The van der Waals surface area contributed by atoms with Gasteiger partial charge in [-0.15, -0.1) is 0 Å². The third-order valence-electron chi connectivity index (χ3n) is 2.99. The molecule has 1 unspecified atom stereocenters. The van der Waals surface area contributed by atoms with E-state index < -0.39 is 6.10 Å². The predicted molar refractivity (Wildman–Crippen MR) is 76.1 cm³/mol. The van der Waals surface area contributed by atoms with E-state index in [2.05, 4.69) is 10.4 Å². The smallest absolute Gasteiger partial charge is 0.0860 e. The van der Waals surface area contributed by atoms with Crippen LogP contribution >= 0.6 is 11.6 Å². The molecule has 0 radical (unpaired) electrons. The molecule has 1 aromatic carbocycles. The van der Waals surface area contributed by atoms with Crippen molar-refractivity contribution in [1.29, 1.82) is 0 Å². The van der Waals surface area contributed by atoms with Gasteiger partial charge in [0.1, 0.15) is 0 Å². The maximum Gasteiger partial charge on any atom is 0.0860 e. The minimum absolute atomic E-state index is 0.0981. The van der Waals surface area contributed by atoms with Crippen LogP contribution < -0.4 is 5.32 Å². The van der Waals surface area contributed by atoms with Crippen LogP contribution in [0.15, 0.2) is 42.7 Å². The van der Waals surface area contributed by atoms with Crippen LogP contribution in [0.2, 0.25) is 5.02 Å². The van der Waals surface area contributed by atoms with Crippen molar-refractivity contribution in [3.8, 4) is 0 Å². The molecule has 0 aliphatic rings. The third-order valence-corrected chi connectivity index (χ3v) is 3.33. The highest BCUT2D eigenvalue weighted by Gasteiger charge is 2.11. The van der Waals surface area contributed by atoms with Gasteiger partial charge in [-0.1, -0.05) is 29.8 Å². The molecule has 2 rings (SSSR count). The molecule has 0 saturated heterocycles. The quantitative estimate of drug-likeness (QED) is 0.853. The molecule has 0 aliphatic carbocycles. The lowest BCUT2D eigenvalue weighted by Gasteiger charge is -2.18. The van der Waals surface area contributed by atoms with Crippen LogP contribution in [0.1, 0.15) is 18.5 Å². The van der Waals surface area contributed by atoms with Crippen molar-refractivity contribution in [2.75, 3.05) is 6.54 Å². The molecule has 102 valence electrons. The van der Waals surface area contributed by atoms with Crippen LogP contribution in [-0.2, 0) is 6.54 Å². The Morgan fingerprint density at radius 2 is 2.16 bits per heavy atom. The Balaban J connectivity index is 1.83. The van der Waals surface area contributed by atoms with E-state index in [0.717, 1.165) is 10.6 Å². The van der Waals surface area contributed by atoms with Crippen molar-refractivity contribution < 1.29 is 5.11 Å². The Hall–Kier alpha value is -1.36. The second-order valence-electron chi connectivity index (χ2n) is 4.53. The van der Waals surface area contributed by atoms with Gasteiger partial charge in [-0.05, 0) is 24.6 Å². The Morgan fingerprint density at radius 3 is 2.84 bits per heavy atom. The molecule has 0 aliphatic heterocycles. The molecule has 2 atom stereocenters. The van der Waals surface area contributed by atoms with E-state index in [9.17, 15) is 5.11 Å². The number of benzene rings is 1. The third kappa shape index (κ3) is 4.06. The fraction of sp³-hybridized carbons (Fsp3) is 0.357. The molecule has 19 heavy (non-hydrogen) atoms. The largest absolute Gasteiger partial charge is 0.390 e. The van der Waals surface area contributed by atoms with E-state index in [-0.39, 0.29) is 6.04 Å². The zero-order valence-electron chi connectivity index (χ0n) is 10.8. The molecular formula is C14H18ClN3O. The summed E-state index contributed by atoms with van der Waals surface area (Å²) in [5.74, 6) is 0. The molecule has 4 nitrogen and oxygen atoms in total. The summed E-state index contributed by atoms with van der Waals surface area (Å²) < 4.78 is 1.71. The molecule has 2 N–H and O–H groups in total. The van der Waals surface area contributed by atoms with Crippen LogP contribution in [0.4, 0.5) is 0 Å². The summed E-state index contributed by atoms with van der Waals surface area (Å²) in [5, 5.41) is 18.0. The molecule has 2 aromatic rings. The highest BCUT2D eigenvalue weighted by Crippen LogP contribution is 2.21. The van der Waals surface area contributed by atoms with Crippen LogP contribution in [-0.4, -0.2) is 27.5 Å². The van der Waals surface area contributed by atoms with Gasteiger partial charge < -0.3 is 10.4 Å². The Kier molecular flexibility index (Phi) is 4.96. The van der Waals surface area contributed by atoms with Crippen molar-refractivity contribution in [1.82, 2.24) is 15.1 Å². The van der Waals surface area contributed by atoms with Crippen LogP contribution in [0.25, 0.3) is 0 Å². The molecule has 5 heteroatoms. The maximum atomic E-state index is 9.93. The molecule has 1 aromatic heterocycles. The van der Waals surface area contributed by atoms with E-state index in [4.69, 9.17) is 11.6 Å². The van der Waals surface area contributed by atoms with E-state index in [1.165, 1.54) is 0 Å². The monoisotopic (exact) mass is 279 g/mol. The average molecular weight is 280 g/mol. The lowest BCUT2D eigenvalue weighted by molar-refractivity contribution is 0.143. The fourth-order valence-corrected chi connectivity index (χ4v) is 2.24. The SMILES string of the molecule is C[C@@H](NCC(O)Cn1cccn1)c1ccccc1Cl. The molecular weight excluding hydrogens is 262 g/mol. The highest BCUT2D eigenvalue weighted by atomic mass is 35.5. The molecule has 0 bridgehead atoms. The Labute approximate surface area is 118 Å². The number of halogens is 1. The zero-order chi connectivity index (χ0) is 13.7. The summed E-state index contributed by atoms with van der Waals surface area (Å²) >= 11 is 6.13. The number of aliphatic hydroxyl groups excluding tert-OH is 1. The first-order valence-electron chi connectivity index (χ1n) is 6.30. The first-order valence-corrected chi connectivity index (χ1v) is 6.68. The lowest BCUT2D eigenvalue weighted by atomic mass is 10.1. The number of hydrogen-bond donors (Lipinski definition) is 2. The van der Waals surface area contributed by atoms with Gasteiger partial charge in [0.15, 0.2) is 0 Å². The standard InChI is InChI=1S/C14H18ClN3O/c1-11(13-5-2-3-6-14(13)15)16-9-12(19)10-18-8-4-7-17-18/h2-8,11-12,16,19H,9-10H2,1H3/t11-,12?/m1/s1. The first-order chi connectivity index (χ1) is 9.16. The minimum atomic E-state index is -0.482. The van der Waals surface area contributed by atoms with Crippen LogP contribution in [0, 0.1) is 0 Å². The van der Waals surface area contributed by atoms with Gasteiger partial charge >= 0.3 is 0 Å². The van der Waals surface area contributed by atoms with Gasteiger partial charge in [0, 0.05) is 30.0 Å². The number of rotatable bonds is 6. The van der Waals surface area contributed by atoms with Crippen molar-refractivity contribution in [2.24, 2.45) is 0 Å². The summed E-state index contributed by atoms with van der Waals surface area (Å²) in [4.78, 5) is 0. The zero-order valence-corrected chi connectivity index (χ0v) is 11.6. The number of nitrogens with one attached hydrogen (secondary N) is 1. The van der Waals surface area contributed by atoms with E-state index in [1.807, 2.05) is 43.5 Å². The van der Waals surface area contributed by atoms with E-state index >= 15 is 0 Å². The van der Waals surface area contributed by atoms with Crippen molar-refractivity contribution in [2.45, 2.75) is 25.6 Å². The number of hydrogen-bond acceptors (Lipinski definition) is 3. The minimum Gasteiger partial charge on any atom is -0.390 e. The van der Waals surface area contributed by atoms with Crippen LogP contribution in [0.5, 0.6) is 0 Å². The molecule has 0 amide bonds. The normalized spacial score (nSPS) is 14.3. The van der Waals surface area contributed by atoms with Gasteiger partial charge in [-0.2, -0.15) is 5.10 Å². The molecule has 0 spiro atoms. The second kappa shape index (κ2) is 6.70. The maximum absolute atomic E-state index is 9.93. The summed E-state index contributed by atoms with van der Waals surface area (Å²) in [6.45, 7) is 3.00. The van der Waals surface area contributed by atoms with E-state index in [0.29, 0.717) is 13.1 Å². The van der Waals surface area contributed by atoms with Crippen LogP contribution in [0.3, 0.4) is 0 Å². The van der Waals surface area contributed by atoms with Gasteiger partial charge in [-0.3, -0.25) is 4.68 Å². The van der Waals surface area contributed by atoms with Crippen molar-refractivity contribution in [3.05, 3.63) is 53.3 Å². The average Bonchev–Trinajstić information content (AvgIpc) is 2.89. The predicted octanol–water partition coefficient (Wildman–Crippen LogP) is 2.25. The summed E-state index contributed by atoms with van der Waals surface area (Å²) in [7, 11) is 0. The summed E-state index contributed by atoms with van der Waals surface area (Å²) in [5.41, 5.74) is 1.04. The fourth-order valence-electron chi connectivity index (χ4n) is 1.94. The molecule has 0 fully saturated rings. The van der Waals surface area contributed by atoms with Gasteiger partial charge in [0.05, 0.1) is 12.6 Å². The van der Waals surface area contributed by atoms with Gasteiger partial charge in [0.25, 0.3) is 0 Å².